The molecule has 3 aromatic rings. The standard InChI is InChI=1S/C21H17FN4O2/c1-14-9-19(25-21(28)24-18-7-5-15(11-23)6-8-18)20(27)26(12-14)13-16-3-2-4-17(22)10-16/h2-10,12H,13H2,1H3,(H2,24,25,28). The topological polar surface area (TPSA) is 86.9 Å². The molecule has 140 valence electrons. The van der Waals surface area contributed by atoms with Gasteiger partial charge in [0, 0.05) is 11.9 Å². The molecule has 0 aliphatic heterocycles. The molecule has 0 bridgehead atoms. The van der Waals surface area contributed by atoms with Gasteiger partial charge in [-0.2, -0.15) is 5.26 Å². The van der Waals surface area contributed by atoms with Crippen LogP contribution in [0.4, 0.5) is 20.6 Å². The Morgan fingerprint density at radius 2 is 1.89 bits per heavy atom. The second-order valence-corrected chi connectivity index (χ2v) is 6.26. The van der Waals surface area contributed by atoms with Crippen LogP contribution in [0.2, 0.25) is 0 Å². The number of pyridine rings is 1. The normalized spacial score (nSPS) is 10.2. The van der Waals surface area contributed by atoms with E-state index in [1.54, 1.807) is 55.6 Å². The molecule has 2 amide bonds. The number of rotatable bonds is 4. The van der Waals surface area contributed by atoms with Gasteiger partial charge in [0.15, 0.2) is 0 Å². The molecule has 0 radical (unpaired) electrons. The minimum absolute atomic E-state index is 0.113. The van der Waals surface area contributed by atoms with E-state index in [1.165, 1.54) is 16.7 Å². The fourth-order valence-corrected chi connectivity index (χ4v) is 2.74. The second kappa shape index (κ2) is 8.18. The zero-order chi connectivity index (χ0) is 20.1. The highest BCUT2D eigenvalue weighted by molar-refractivity contribution is 5.99. The maximum atomic E-state index is 13.4. The van der Waals surface area contributed by atoms with Gasteiger partial charge < -0.3 is 15.2 Å². The number of nitrogens with one attached hydrogen (secondary N) is 2. The maximum absolute atomic E-state index is 13.4. The Morgan fingerprint density at radius 1 is 1.14 bits per heavy atom. The number of nitriles is 1. The predicted molar refractivity (Wildman–Crippen MR) is 105 cm³/mol. The highest BCUT2D eigenvalue weighted by atomic mass is 19.1. The molecule has 2 aromatic carbocycles. The number of hydrogen-bond donors (Lipinski definition) is 2. The number of hydrogen-bond acceptors (Lipinski definition) is 3. The molecule has 3 rings (SSSR count). The van der Waals surface area contributed by atoms with Crippen molar-refractivity contribution in [2.24, 2.45) is 0 Å². The van der Waals surface area contributed by atoms with Crippen LogP contribution in [0.3, 0.4) is 0 Å². The number of carbonyl (C=O) groups is 1. The van der Waals surface area contributed by atoms with E-state index in [0.717, 1.165) is 5.56 Å². The number of aromatic nitrogens is 1. The van der Waals surface area contributed by atoms with E-state index in [-0.39, 0.29) is 18.0 Å². The fourth-order valence-electron chi connectivity index (χ4n) is 2.74. The number of benzene rings is 2. The molecule has 1 heterocycles. The summed E-state index contributed by atoms with van der Waals surface area (Å²) in [7, 11) is 0. The summed E-state index contributed by atoms with van der Waals surface area (Å²) in [6.07, 6.45) is 1.65. The second-order valence-electron chi connectivity index (χ2n) is 6.26. The van der Waals surface area contributed by atoms with Crippen LogP contribution in [0.25, 0.3) is 0 Å². The summed E-state index contributed by atoms with van der Waals surface area (Å²) in [6.45, 7) is 1.98. The average molecular weight is 376 g/mol. The van der Waals surface area contributed by atoms with Crippen molar-refractivity contribution >= 4 is 17.4 Å². The van der Waals surface area contributed by atoms with Crippen molar-refractivity contribution in [3.05, 3.63) is 93.7 Å². The highest BCUT2D eigenvalue weighted by Crippen LogP contribution is 2.11. The molecule has 0 atom stereocenters. The van der Waals surface area contributed by atoms with E-state index in [2.05, 4.69) is 10.6 Å². The minimum Gasteiger partial charge on any atom is -0.309 e. The Labute approximate surface area is 160 Å². The third kappa shape index (κ3) is 4.62. The van der Waals surface area contributed by atoms with Crippen molar-refractivity contribution in [1.29, 1.82) is 5.26 Å². The first-order valence-electron chi connectivity index (χ1n) is 8.48. The van der Waals surface area contributed by atoms with Crippen molar-refractivity contribution < 1.29 is 9.18 Å². The SMILES string of the molecule is Cc1cc(NC(=O)Nc2ccc(C#N)cc2)c(=O)n(Cc2cccc(F)c2)c1. The number of nitrogens with zero attached hydrogens (tertiary/aromatic N) is 2. The quantitative estimate of drug-likeness (QED) is 0.725. The lowest BCUT2D eigenvalue weighted by Gasteiger charge is -2.12. The number of anilines is 2. The summed E-state index contributed by atoms with van der Waals surface area (Å²) in [6, 6.07) is 15.3. The van der Waals surface area contributed by atoms with Crippen molar-refractivity contribution in [2.75, 3.05) is 10.6 Å². The summed E-state index contributed by atoms with van der Waals surface area (Å²) in [5.41, 5.74) is 2.09. The number of urea groups is 1. The van der Waals surface area contributed by atoms with Crippen molar-refractivity contribution in [1.82, 2.24) is 4.57 Å². The lowest BCUT2D eigenvalue weighted by molar-refractivity contribution is 0.262. The van der Waals surface area contributed by atoms with Crippen LogP contribution in [-0.2, 0) is 6.54 Å². The summed E-state index contributed by atoms with van der Waals surface area (Å²) in [4.78, 5) is 24.9. The molecular formula is C21H17FN4O2. The molecule has 6 nitrogen and oxygen atoms in total. The summed E-state index contributed by atoms with van der Waals surface area (Å²) in [5.74, 6) is -0.377. The Hall–Kier alpha value is -3.92. The van der Waals surface area contributed by atoms with Crippen LogP contribution in [-0.4, -0.2) is 10.6 Å². The summed E-state index contributed by atoms with van der Waals surface area (Å²) < 4.78 is 14.8. The number of carbonyl (C=O) groups excluding carboxylic acids is 1. The average Bonchev–Trinajstić information content (AvgIpc) is 2.66. The molecule has 0 spiro atoms. The molecule has 0 saturated heterocycles. The predicted octanol–water partition coefficient (Wildman–Crippen LogP) is 3.86. The summed E-state index contributed by atoms with van der Waals surface area (Å²) >= 11 is 0. The molecule has 2 N–H and O–H groups in total. The van der Waals surface area contributed by atoms with Gasteiger partial charge in [-0.25, -0.2) is 9.18 Å². The first kappa shape index (κ1) is 18.9. The molecule has 0 fully saturated rings. The van der Waals surface area contributed by atoms with Crippen molar-refractivity contribution in [2.45, 2.75) is 13.5 Å². The van der Waals surface area contributed by atoms with Crippen LogP contribution in [0, 0.1) is 24.1 Å². The van der Waals surface area contributed by atoms with Gasteiger partial charge in [0.1, 0.15) is 11.5 Å². The van der Waals surface area contributed by atoms with E-state index in [0.29, 0.717) is 16.8 Å². The number of amides is 2. The number of aryl methyl sites for hydroxylation is 1. The third-order valence-electron chi connectivity index (χ3n) is 3.98. The first-order chi connectivity index (χ1) is 13.4. The minimum atomic E-state index is -0.579. The fraction of sp³-hybridized carbons (Fsp3) is 0.0952. The van der Waals surface area contributed by atoms with Crippen molar-refractivity contribution in [3.63, 3.8) is 0 Å². The van der Waals surface area contributed by atoms with E-state index in [9.17, 15) is 14.0 Å². The molecular weight excluding hydrogens is 359 g/mol. The van der Waals surface area contributed by atoms with Crippen molar-refractivity contribution in [3.8, 4) is 6.07 Å². The molecule has 1 aromatic heterocycles. The zero-order valence-corrected chi connectivity index (χ0v) is 15.1. The van der Waals surface area contributed by atoms with Crippen LogP contribution in [0.15, 0.2) is 65.6 Å². The first-order valence-corrected chi connectivity index (χ1v) is 8.48. The third-order valence-corrected chi connectivity index (χ3v) is 3.98. The Balaban J connectivity index is 1.78. The molecule has 28 heavy (non-hydrogen) atoms. The highest BCUT2D eigenvalue weighted by Gasteiger charge is 2.10. The molecule has 0 aliphatic rings. The number of halogens is 1. The monoisotopic (exact) mass is 376 g/mol. The van der Waals surface area contributed by atoms with Crippen LogP contribution >= 0.6 is 0 Å². The van der Waals surface area contributed by atoms with E-state index in [1.807, 2.05) is 6.07 Å². The lowest BCUT2D eigenvalue weighted by Crippen LogP contribution is -2.28. The van der Waals surface area contributed by atoms with E-state index >= 15 is 0 Å². The van der Waals surface area contributed by atoms with Gasteiger partial charge in [0.25, 0.3) is 5.56 Å². The van der Waals surface area contributed by atoms with E-state index in [4.69, 9.17) is 5.26 Å². The zero-order valence-electron chi connectivity index (χ0n) is 15.1. The maximum Gasteiger partial charge on any atom is 0.323 e. The van der Waals surface area contributed by atoms with Crippen LogP contribution < -0.4 is 16.2 Å². The smallest absolute Gasteiger partial charge is 0.309 e. The lowest BCUT2D eigenvalue weighted by atomic mass is 10.2. The van der Waals surface area contributed by atoms with Gasteiger partial charge in [-0.1, -0.05) is 12.1 Å². The van der Waals surface area contributed by atoms with Gasteiger partial charge in [-0.05, 0) is 60.5 Å². The molecule has 0 saturated carbocycles. The molecule has 7 heteroatoms. The largest absolute Gasteiger partial charge is 0.323 e. The van der Waals surface area contributed by atoms with Gasteiger partial charge in [-0.15, -0.1) is 0 Å². The van der Waals surface area contributed by atoms with Gasteiger partial charge in [0.2, 0.25) is 0 Å². The summed E-state index contributed by atoms with van der Waals surface area (Å²) in [5, 5.41) is 14.0. The molecule has 0 unspecified atom stereocenters. The van der Waals surface area contributed by atoms with E-state index < -0.39 is 11.6 Å². The molecule has 0 aliphatic carbocycles. The van der Waals surface area contributed by atoms with Gasteiger partial charge in [-0.3, -0.25) is 4.79 Å². The Kier molecular flexibility index (Phi) is 5.51. The van der Waals surface area contributed by atoms with Crippen LogP contribution in [0.1, 0.15) is 16.7 Å². The van der Waals surface area contributed by atoms with Crippen LogP contribution in [0.5, 0.6) is 0 Å². The Bertz CT molecular complexity index is 1110. The van der Waals surface area contributed by atoms with Gasteiger partial charge >= 0.3 is 6.03 Å². The van der Waals surface area contributed by atoms with Gasteiger partial charge in [0.05, 0.1) is 18.2 Å². The Morgan fingerprint density at radius 3 is 2.57 bits per heavy atom.